The summed E-state index contributed by atoms with van der Waals surface area (Å²) in [6.07, 6.45) is 0.0923. The third kappa shape index (κ3) is 4.27. The van der Waals surface area contributed by atoms with Crippen LogP contribution in [0.1, 0.15) is 24.7 Å². The highest BCUT2D eigenvalue weighted by atomic mass is 16.6. The van der Waals surface area contributed by atoms with Gasteiger partial charge in [-0.1, -0.05) is 0 Å². The second-order valence-corrected chi connectivity index (χ2v) is 4.80. The van der Waals surface area contributed by atoms with E-state index in [1.165, 1.54) is 16.6 Å². The summed E-state index contributed by atoms with van der Waals surface area (Å²) in [5, 5.41) is 15.0. The number of aryl methyl sites for hydroxylation is 2. The Kier molecular flexibility index (Phi) is 6.02. The Balaban J connectivity index is 2.63. The fourth-order valence-corrected chi connectivity index (χ4v) is 2.05. The fraction of sp³-hybridized carbons (Fsp3) is 0.615. The van der Waals surface area contributed by atoms with Gasteiger partial charge in [-0.15, -0.1) is 0 Å². The van der Waals surface area contributed by atoms with Gasteiger partial charge in [0.2, 0.25) is 5.91 Å². The first kappa shape index (κ1) is 17.6. The maximum atomic E-state index is 11.9. The van der Waals surface area contributed by atoms with E-state index in [1.54, 1.807) is 20.8 Å². The van der Waals surface area contributed by atoms with Crippen molar-refractivity contribution in [2.24, 2.45) is 0 Å². The van der Waals surface area contributed by atoms with Crippen LogP contribution in [-0.2, 0) is 20.9 Å². The smallest absolute Gasteiger partial charge is 0.325 e. The lowest BCUT2D eigenvalue weighted by Crippen LogP contribution is -2.33. The highest BCUT2D eigenvalue weighted by Gasteiger charge is 2.22. The Hall–Kier alpha value is -2.45. The van der Waals surface area contributed by atoms with Gasteiger partial charge in [-0.2, -0.15) is 5.10 Å². The molecule has 122 valence electrons. The summed E-state index contributed by atoms with van der Waals surface area (Å²) in [6, 6.07) is 0. The van der Waals surface area contributed by atoms with Gasteiger partial charge >= 0.3 is 11.7 Å². The SMILES string of the molecule is CCOC(=O)CN(C)C(=O)CCn1nc(C)c([N+](=O)[O-])c1C. The third-order valence-electron chi connectivity index (χ3n) is 3.16. The van der Waals surface area contributed by atoms with Crippen LogP contribution in [0.4, 0.5) is 5.69 Å². The van der Waals surface area contributed by atoms with E-state index in [-0.39, 0.29) is 37.7 Å². The Morgan fingerprint density at radius 1 is 1.41 bits per heavy atom. The number of carbonyl (C=O) groups is 2. The monoisotopic (exact) mass is 312 g/mol. The summed E-state index contributed by atoms with van der Waals surface area (Å²) < 4.78 is 6.20. The van der Waals surface area contributed by atoms with Crippen molar-refractivity contribution in [3.05, 3.63) is 21.5 Å². The normalized spacial score (nSPS) is 10.4. The van der Waals surface area contributed by atoms with Crippen LogP contribution in [0, 0.1) is 24.0 Å². The maximum Gasteiger partial charge on any atom is 0.325 e. The molecule has 0 saturated carbocycles. The van der Waals surface area contributed by atoms with Gasteiger partial charge in [0.05, 0.1) is 18.1 Å². The number of hydrogen-bond donors (Lipinski definition) is 0. The molecular formula is C13H20N4O5. The molecule has 9 nitrogen and oxygen atoms in total. The van der Waals surface area contributed by atoms with Crippen LogP contribution in [0.5, 0.6) is 0 Å². The van der Waals surface area contributed by atoms with Crippen LogP contribution in [0.3, 0.4) is 0 Å². The van der Waals surface area contributed by atoms with E-state index in [2.05, 4.69) is 5.10 Å². The predicted octanol–water partition coefficient (Wildman–Crippen LogP) is 0.820. The third-order valence-corrected chi connectivity index (χ3v) is 3.16. The molecule has 0 spiro atoms. The number of nitrogens with zero attached hydrogens (tertiary/aromatic N) is 4. The first-order valence-electron chi connectivity index (χ1n) is 6.85. The number of ether oxygens (including phenoxy) is 1. The van der Waals surface area contributed by atoms with E-state index in [0.29, 0.717) is 11.4 Å². The molecule has 0 atom stereocenters. The first-order chi connectivity index (χ1) is 10.3. The quantitative estimate of drug-likeness (QED) is 0.419. The lowest BCUT2D eigenvalue weighted by atomic mass is 10.3. The molecule has 0 N–H and O–H groups in total. The van der Waals surface area contributed by atoms with Crippen LogP contribution >= 0.6 is 0 Å². The van der Waals surface area contributed by atoms with Crippen molar-refractivity contribution in [2.45, 2.75) is 33.7 Å². The minimum atomic E-state index is -0.483. The Morgan fingerprint density at radius 2 is 2.05 bits per heavy atom. The molecule has 1 amide bonds. The molecule has 1 rings (SSSR count). The van der Waals surface area contributed by atoms with Gasteiger partial charge in [0.25, 0.3) is 0 Å². The highest BCUT2D eigenvalue weighted by molar-refractivity contribution is 5.81. The number of nitro groups is 1. The van der Waals surface area contributed by atoms with Crippen LogP contribution in [-0.4, -0.2) is 51.7 Å². The largest absolute Gasteiger partial charge is 0.465 e. The van der Waals surface area contributed by atoms with Crippen molar-refractivity contribution in [1.29, 1.82) is 0 Å². The second kappa shape index (κ2) is 7.53. The number of hydrogen-bond acceptors (Lipinski definition) is 6. The van der Waals surface area contributed by atoms with E-state index in [0.717, 1.165) is 0 Å². The molecule has 0 unspecified atom stereocenters. The molecule has 22 heavy (non-hydrogen) atoms. The molecule has 0 fully saturated rings. The fourth-order valence-electron chi connectivity index (χ4n) is 2.05. The Bertz CT molecular complexity index is 581. The molecular weight excluding hydrogens is 292 g/mol. The lowest BCUT2D eigenvalue weighted by Gasteiger charge is -2.16. The zero-order valence-electron chi connectivity index (χ0n) is 13.2. The molecule has 0 aliphatic rings. The summed E-state index contributed by atoms with van der Waals surface area (Å²) in [5.41, 5.74) is 0.686. The minimum Gasteiger partial charge on any atom is -0.465 e. The zero-order chi connectivity index (χ0) is 16.9. The van der Waals surface area contributed by atoms with Crippen LogP contribution in [0.2, 0.25) is 0 Å². The molecule has 1 aromatic heterocycles. The van der Waals surface area contributed by atoms with Gasteiger partial charge in [0.1, 0.15) is 17.9 Å². The van der Waals surface area contributed by atoms with Crippen LogP contribution in [0.15, 0.2) is 0 Å². The van der Waals surface area contributed by atoms with Crippen LogP contribution < -0.4 is 0 Å². The average molecular weight is 312 g/mol. The topological polar surface area (TPSA) is 108 Å². The van der Waals surface area contributed by atoms with Crippen molar-refractivity contribution in [2.75, 3.05) is 20.2 Å². The molecule has 9 heteroatoms. The number of amides is 1. The number of carbonyl (C=O) groups excluding carboxylic acids is 2. The van der Waals surface area contributed by atoms with E-state index in [4.69, 9.17) is 4.74 Å². The van der Waals surface area contributed by atoms with Gasteiger partial charge in [-0.05, 0) is 20.8 Å². The van der Waals surface area contributed by atoms with E-state index >= 15 is 0 Å². The molecule has 0 radical (unpaired) electrons. The van der Waals surface area contributed by atoms with Crippen molar-refractivity contribution in [3.8, 4) is 0 Å². The summed E-state index contributed by atoms with van der Waals surface area (Å²) in [5.74, 6) is -0.733. The van der Waals surface area contributed by atoms with Crippen molar-refractivity contribution in [1.82, 2.24) is 14.7 Å². The summed E-state index contributed by atoms with van der Waals surface area (Å²) >= 11 is 0. The van der Waals surface area contributed by atoms with Gasteiger partial charge in [-0.3, -0.25) is 24.4 Å². The van der Waals surface area contributed by atoms with E-state index in [1.807, 2.05) is 0 Å². The summed E-state index contributed by atoms with van der Waals surface area (Å²) in [7, 11) is 1.50. The molecule has 0 aliphatic heterocycles. The minimum absolute atomic E-state index is 0.0349. The number of aromatic nitrogens is 2. The molecule has 0 bridgehead atoms. The van der Waals surface area contributed by atoms with Gasteiger partial charge < -0.3 is 9.64 Å². The molecule has 0 aromatic carbocycles. The number of esters is 1. The molecule has 0 aliphatic carbocycles. The summed E-state index contributed by atoms with van der Waals surface area (Å²) in [6.45, 7) is 5.18. The maximum absolute atomic E-state index is 11.9. The second-order valence-electron chi connectivity index (χ2n) is 4.80. The van der Waals surface area contributed by atoms with Crippen molar-refractivity contribution in [3.63, 3.8) is 0 Å². The lowest BCUT2D eigenvalue weighted by molar-refractivity contribution is -0.386. The molecule has 1 aromatic rings. The van der Waals surface area contributed by atoms with Gasteiger partial charge in [-0.25, -0.2) is 0 Å². The highest BCUT2D eigenvalue weighted by Crippen LogP contribution is 2.21. The Morgan fingerprint density at radius 3 is 2.55 bits per heavy atom. The standard InChI is InChI=1S/C13H20N4O5/c1-5-22-12(19)8-15(4)11(18)6-7-16-10(3)13(17(20)21)9(2)14-16/h5-8H2,1-4H3. The number of likely N-dealkylation sites (N-methyl/N-ethyl adjacent to an activating group) is 1. The zero-order valence-corrected chi connectivity index (χ0v) is 13.2. The number of rotatable bonds is 7. The van der Waals surface area contributed by atoms with Crippen LogP contribution in [0.25, 0.3) is 0 Å². The van der Waals surface area contributed by atoms with Crippen molar-refractivity contribution >= 4 is 17.6 Å². The first-order valence-corrected chi connectivity index (χ1v) is 6.85. The van der Waals surface area contributed by atoms with Gasteiger partial charge in [0.15, 0.2) is 0 Å². The predicted molar refractivity (Wildman–Crippen MR) is 77.2 cm³/mol. The molecule has 1 heterocycles. The average Bonchev–Trinajstić information content (AvgIpc) is 2.70. The Labute approximate surface area is 128 Å². The molecule has 0 saturated heterocycles. The van der Waals surface area contributed by atoms with Gasteiger partial charge in [0, 0.05) is 13.5 Å². The van der Waals surface area contributed by atoms with Crippen molar-refractivity contribution < 1.29 is 19.2 Å². The van der Waals surface area contributed by atoms with E-state index < -0.39 is 10.9 Å². The van der Waals surface area contributed by atoms with E-state index in [9.17, 15) is 19.7 Å². The summed E-state index contributed by atoms with van der Waals surface area (Å²) in [4.78, 5) is 34.9.